The van der Waals surface area contributed by atoms with E-state index in [0.717, 1.165) is 11.4 Å². The molecular weight excluding hydrogens is 252 g/mol. The smallest absolute Gasteiger partial charge is 0.211 e. The molecule has 0 fully saturated rings. The van der Waals surface area contributed by atoms with Crippen molar-refractivity contribution in [2.75, 3.05) is 0 Å². The van der Waals surface area contributed by atoms with E-state index in [2.05, 4.69) is 10.2 Å². The average molecular weight is 264 g/mol. The van der Waals surface area contributed by atoms with Gasteiger partial charge >= 0.3 is 0 Å². The van der Waals surface area contributed by atoms with Crippen LogP contribution in [0.1, 0.15) is 5.69 Å². The van der Waals surface area contributed by atoms with Gasteiger partial charge in [-0.3, -0.25) is 0 Å². The summed E-state index contributed by atoms with van der Waals surface area (Å²) in [5.41, 5.74) is 12.2. The highest BCUT2D eigenvalue weighted by atomic mass is 35.5. The Balaban J connectivity index is 2.30. The molecule has 2 rings (SSSR count). The van der Waals surface area contributed by atoms with Crippen molar-refractivity contribution in [2.24, 2.45) is 21.7 Å². The highest BCUT2D eigenvalue weighted by molar-refractivity contribution is 6.30. The first-order valence-corrected chi connectivity index (χ1v) is 5.60. The summed E-state index contributed by atoms with van der Waals surface area (Å²) in [6.07, 6.45) is 3.49. The van der Waals surface area contributed by atoms with Crippen molar-refractivity contribution in [3.8, 4) is 5.69 Å². The maximum Gasteiger partial charge on any atom is 0.211 e. The fourth-order valence-electron chi connectivity index (χ4n) is 1.49. The van der Waals surface area contributed by atoms with Crippen LogP contribution in [0, 0.1) is 0 Å². The molecule has 0 aliphatic carbocycles. The zero-order valence-electron chi connectivity index (χ0n) is 9.49. The molecule has 0 atom stereocenters. The fraction of sp³-hybridized carbons (Fsp3) is 0. The van der Waals surface area contributed by atoms with Gasteiger partial charge in [0.15, 0.2) is 0 Å². The van der Waals surface area contributed by atoms with Crippen molar-refractivity contribution in [3.05, 3.63) is 53.3 Å². The molecule has 18 heavy (non-hydrogen) atoms. The molecule has 4 N–H and O–H groups in total. The van der Waals surface area contributed by atoms with Crippen LogP contribution in [0.15, 0.2) is 52.8 Å². The van der Waals surface area contributed by atoms with Crippen LogP contribution in [0.3, 0.4) is 0 Å². The molecule has 0 bridgehead atoms. The summed E-state index contributed by atoms with van der Waals surface area (Å²) in [6.45, 7) is 0. The minimum Gasteiger partial charge on any atom is -0.369 e. The summed E-state index contributed by atoms with van der Waals surface area (Å²) >= 11 is 5.85. The van der Waals surface area contributed by atoms with E-state index in [-0.39, 0.29) is 5.96 Å². The quantitative estimate of drug-likeness (QED) is 0.502. The molecule has 0 spiro atoms. The molecule has 1 aromatic heterocycles. The Morgan fingerprint density at radius 2 is 1.89 bits per heavy atom. The molecule has 6 heteroatoms. The van der Waals surface area contributed by atoms with Crippen molar-refractivity contribution in [3.63, 3.8) is 0 Å². The third kappa shape index (κ3) is 2.89. The maximum atomic E-state index is 5.85. The van der Waals surface area contributed by atoms with E-state index >= 15 is 0 Å². The normalized spacial score (nSPS) is 10.7. The molecule has 0 amide bonds. The Morgan fingerprint density at radius 1 is 1.17 bits per heavy atom. The lowest BCUT2D eigenvalue weighted by Gasteiger charge is -2.05. The van der Waals surface area contributed by atoms with Crippen LogP contribution in [-0.4, -0.2) is 16.7 Å². The second-order valence-corrected chi connectivity index (χ2v) is 3.99. The summed E-state index contributed by atoms with van der Waals surface area (Å²) in [5.74, 6) is -0.0733. The van der Waals surface area contributed by atoms with E-state index in [1.54, 1.807) is 6.21 Å². The van der Waals surface area contributed by atoms with E-state index in [1.165, 1.54) is 0 Å². The second-order valence-electron chi connectivity index (χ2n) is 3.55. The highest BCUT2D eigenvalue weighted by Crippen LogP contribution is 2.15. The number of rotatable bonds is 3. The number of hydrogen-bond donors (Lipinski definition) is 2. The Kier molecular flexibility index (Phi) is 3.64. The third-order valence-corrected chi connectivity index (χ3v) is 2.50. The van der Waals surface area contributed by atoms with Crippen LogP contribution in [-0.2, 0) is 0 Å². The lowest BCUT2D eigenvalue weighted by atomic mass is 10.3. The van der Waals surface area contributed by atoms with Gasteiger partial charge in [0.2, 0.25) is 5.96 Å². The van der Waals surface area contributed by atoms with E-state index in [1.807, 2.05) is 47.2 Å². The van der Waals surface area contributed by atoms with Gasteiger partial charge in [0.25, 0.3) is 0 Å². The van der Waals surface area contributed by atoms with Crippen LogP contribution >= 0.6 is 11.6 Å². The lowest BCUT2D eigenvalue weighted by molar-refractivity contribution is 1.06. The summed E-state index contributed by atoms with van der Waals surface area (Å²) in [6, 6.07) is 11.3. The molecule has 92 valence electrons. The topological polar surface area (TPSA) is 81.7 Å². The van der Waals surface area contributed by atoms with Gasteiger partial charge < -0.3 is 16.0 Å². The number of nitrogens with zero attached hydrogens (tertiary/aromatic N) is 3. The van der Waals surface area contributed by atoms with Gasteiger partial charge in [-0.2, -0.15) is 5.10 Å². The Bertz CT molecular complexity index is 579. The fourth-order valence-corrected chi connectivity index (χ4v) is 1.62. The highest BCUT2D eigenvalue weighted by Gasteiger charge is 2.00. The van der Waals surface area contributed by atoms with Gasteiger partial charge in [-0.25, -0.2) is 0 Å². The number of halogens is 1. The summed E-state index contributed by atoms with van der Waals surface area (Å²) < 4.78 is 1.95. The predicted octanol–water partition coefficient (Wildman–Crippen LogP) is 1.74. The van der Waals surface area contributed by atoms with E-state index in [0.29, 0.717) is 5.02 Å². The molecule has 5 nitrogen and oxygen atoms in total. The van der Waals surface area contributed by atoms with Crippen molar-refractivity contribution < 1.29 is 0 Å². The number of aromatic nitrogens is 1. The van der Waals surface area contributed by atoms with E-state index < -0.39 is 0 Å². The lowest BCUT2D eigenvalue weighted by Crippen LogP contribution is -2.21. The molecular formula is C12H12ClN5. The molecule has 0 saturated carbocycles. The van der Waals surface area contributed by atoms with Gasteiger partial charge in [-0.05, 0) is 36.4 Å². The molecule has 0 saturated heterocycles. The monoisotopic (exact) mass is 263 g/mol. The zero-order valence-corrected chi connectivity index (χ0v) is 10.2. The number of guanidine groups is 1. The zero-order chi connectivity index (χ0) is 13.0. The molecule has 2 aromatic rings. The molecule has 0 radical (unpaired) electrons. The molecule has 0 unspecified atom stereocenters. The Labute approximate surface area is 109 Å². The van der Waals surface area contributed by atoms with Gasteiger partial charge in [-0.15, -0.1) is 5.10 Å². The maximum absolute atomic E-state index is 5.85. The minimum atomic E-state index is -0.0733. The van der Waals surface area contributed by atoms with Crippen molar-refractivity contribution in [1.82, 2.24) is 4.57 Å². The van der Waals surface area contributed by atoms with Crippen LogP contribution in [0.25, 0.3) is 5.69 Å². The van der Waals surface area contributed by atoms with Gasteiger partial charge in [0.1, 0.15) is 0 Å². The van der Waals surface area contributed by atoms with Gasteiger partial charge in [0, 0.05) is 16.9 Å². The minimum absolute atomic E-state index is 0.0733. The average Bonchev–Trinajstić information content (AvgIpc) is 2.78. The number of hydrogen-bond acceptors (Lipinski definition) is 2. The van der Waals surface area contributed by atoms with Crippen LogP contribution in [0.4, 0.5) is 0 Å². The van der Waals surface area contributed by atoms with Gasteiger partial charge in [-0.1, -0.05) is 11.6 Å². The molecule has 1 heterocycles. The van der Waals surface area contributed by atoms with Crippen molar-refractivity contribution in [1.29, 1.82) is 0 Å². The third-order valence-electron chi connectivity index (χ3n) is 2.25. The Morgan fingerprint density at radius 3 is 2.56 bits per heavy atom. The Hall–Kier alpha value is -2.27. The number of benzene rings is 1. The SMILES string of the molecule is NC(N)=N/N=[14CH]\c1cccn1-c1ccc(Cl)cc1. The first kappa shape index (κ1) is 12.2. The standard InChI is InChI=1S/C12H12ClN5/c13-9-3-5-10(6-4-9)18-7-1-2-11(18)8-16-17-12(14)15/h1-8H,(H4,14,15,17)/b16-8-/i8+2. The van der Waals surface area contributed by atoms with Gasteiger partial charge in [0.05, 0.1) is 11.9 Å². The summed E-state index contributed by atoms with van der Waals surface area (Å²) in [4.78, 5) is 0. The molecule has 0 aliphatic heterocycles. The van der Waals surface area contributed by atoms with E-state index in [9.17, 15) is 0 Å². The van der Waals surface area contributed by atoms with Crippen molar-refractivity contribution >= 4 is 23.8 Å². The van der Waals surface area contributed by atoms with Crippen LogP contribution in [0.5, 0.6) is 0 Å². The van der Waals surface area contributed by atoms with Crippen molar-refractivity contribution in [2.45, 2.75) is 0 Å². The van der Waals surface area contributed by atoms with Crippen LogP contribution < -0.4 is 11.5 Å². The first-order valence-electron chi connectivity index (χ1n) is 5.22. The molecule has 0 aliphatic rings. The van der Waals surface area contributed by atoms with Crippen LogP contribution in [0.2, 0.25) is 5.02 Å². The number of nitrogens with two attached hydrogens (primary N) is 2. The molecule has 1 aromatic carbocycles. The second kappa shape index (κ2) is 5.37. The largest absolute Gasteiger partial charge is 0.369 e. The summed E-state index contributed by atoms with van der Waals surface area (Å²) in [5, 5.41) is 8.03. The summed E-state index contributed by atoms with van der Waals surface area (Å²) in [7, 11) is 0. The first-order chi connectivity index (χ1) is 8.66. The van der Waals surface area contributed by atoms with E-state index in [4.69, 9.17) is 23.1 Å². The predicted molar refractivity (Wildman–Crippen MR) is 74.2 cm³/mol.